The van der Waals surface area contributed by atoms with Crippen LogP contribution in [0.25, 0.3) is 33.4 Å². The van der Waals surface area contributed by atoms with Crippen molar-refractivity contribution in [3.63, 3.8) is 0 Å². The average Bonchev–Trinajstić information content (AvgIpc) is 1.51. The fourth-order valence-corrected chi connectivity index (χ4v) is 11.4. The number of aromatic nitrogens is 2. The van der Waals surface area contributed by atoms with Crippen LogP contribution < -0.4 is 26.0 Å². The van der Waals surface area contributed by atoms with Gasteiger partial charge in [0.2, 0.25) is 34.9 Å². The van der Waals surface area contributed by atoms with Crippen LogP contribution >= 0.6 is 0 Å². The molecule has 7 heterocycles. The zero-order valence-corrected chi connectivity index (χ0v) is 48.1. The van der Waals surface area contributed by atoms with Crippen molar-refractivity contribution < 1.29 is 132 Å². The predicted molar refractivity (Wildman–Crippen MR) is 293 cm³/mol. The molecule has 6 nitrogen and oxygen atoms in total. The van der Waals surface area contributed by atoms with Gasteiger partial charge < -0.3 is 15.3 Å². The molecule has 0 saturated heterocycles. The van der Waals surface area contributed by atoms with Gasteiger partial charge in [-0.05, 0) is 64.8 Å². The van der Waals surface area contributed by atoms with Crippen LogP contribution in [0.5, 0.6) is 0 Å². The second-order valence-electron chi connectivity index (χ2n) is 21.4. The van der Waals surface area contributed by atoms with Crippen LogP contribution in [0.2, 0.25) is 0 Å². The first-order valence-corrected chi connectivity index (χ1v) is 27.5. The lowest BCUT2D eigenvalue weighted by Crippen LogP contribution is -2.27. The SMILES string of the molecule is Fc1c(F)c(F)c(/C2=C3\C=CC(=N3)/C(c3c(F)c(F)c(F)c(F)c3F)=c3\cc/c([n-]3)=C(/c3c(F)c(F)c(F)c(F)c3F)C3=N/C(=C(/c4c(F)c(F)c(F)c(F)c4F)C4C=C/C(=C(\c5c(F)c(F)c(F)c(F)c5F)c5ccc([n-]5)/C(c5c(F)c(F)c(F)c(F)c5F)=C5/C=CC2=N5)N4)C=C3)c(F)c1F. The molecular weight excluding hydrogens is 1450 g/mol. The molecule has 5 aliphatic rings. The van der Waals surface area contributed by atoms with E-state index in [1.54, 1.807) is 0 Å². The molecule has 12 bridgehead atoms. The number of nitrogens with zero attached hydrogens (tertiary/aromatic N) is 5. The Balaban J connectivity index is 1.25. The number of allylic oxidation sites excluding steroid dienone is 8. The monoisotopic (exact) mass is 1460 g/mol. The molecule has 36 heteroatoms. The molecule has 13 rings (SSSR count). The van der Waals surface area contributed by atoms with E-state index in [1.807, 2.05) is 0 Å². The summed E-state index contributed by atoms with van der Waals surface area (Å²) < 4.78 is 472. The molecule has 0 radical (unpaired) electrons. The van der Waals surface area contributed by atoms with Crippen molar-refractivity contribution in [2.24, 2.45) is 15.0 Å². The topological polar surface area (TPSA) is 77.3 Å². The highest BCUT2D eigenvalue weighted by Crippen LogP contribution is 2.45. The number of benzene rings is 6. The number of fused-ring (bicyclic) bond motifs is 9. The summed E-state index contributed by atoms with van der Waals surface area (Å²) in [4.78, 5) is 19.4. The minimum atomic E-state index is -2.93. The van der Waals surface area contributed by atoms with Gasteiger partial charge in [-0.25, -0.2) is 147 Å². The predicted octanol–water partition coefficient (Wildman–Crippen LogP) is 15.8. The van der Waals surface area contributed by atoms with Crippen LogP contribution in [-0.4, -0.2) is 23.2 Å². The molecule has 0 amide bonds. The lowest BCUT2D eigenvalue weighted by Gasteiger charge is -2.23. The number of hydrogen-bond donors (Lipinski definition) is 1. The highest BCUT2D eigenvalue weighted by atomic mass is 19.2. The molecule has 5 aliphatic heterocycles. The molecule has 102 heavy (non-hydrogen) atoms. The molecule has 0 aliphatic carbocycles. The quantitative estimate of drug-likeness (QED) is 0.102. The van der Waals surface area contributed by atoms with E-state index < -0.39 is 309 Å². The van der Waals surface area contributed by atoms with Crippen LogP contribution in [0, 0.1) is 175 Å². The smallest absolute Gasteiger partial charge is 0.200 e. The zero-order chi connectivity index (χ0) is 73.9. The number of nitrogens with one attached hydrogen (secondary N) is 1. The first-order valence-electron chi connectivity index (χ1n) is 27.5. The van der Waals surface area contributed by atoms with Gasteiger partial charge in [-0.1, -0.05) is 30.3 Å². The lowest BCUT2D eigenvalue weighted by molar-refractivity contribution is 0.375. The fraction of sp³-hybridized carbons (Fsp3) is 0.0152. The Bertz CT molecular complexity index is 5620. The Kier molecular flexibility index (Phi) is 16.6. The molecule has 0 fully saturated rings. The van der Waals surface area contributed by atoms with Gasteiger partial charge in [0, 0.05) is 16.8 Å². The summed E-state index contributed by atoms with van der Waals surface area (Å²) in [7, 11) is 0. The van der Waals surface area contributed by atoms with E-state index in [2.05, 4.69) is 30.3 Å². The summed E-state index contributed by atoms with van der Waals surface area (Å²) in [6.07, 6.45) is 2.95. The molecule has 1 atom stereocenters. The van der Waals surface area contributed by atoms with Crippen molar-refractivity contribution in [2.75, 3.05) is 0 Å². The molecule has 1 unspecified atom stereocenters. The van der Waals surface area contributed by atoms with Gasteiger partial charge in [-0.2, -0.15) is 0 Å². The minimum Gasteiger partial charge on any atom is -0.657 e. The molecule has 2 aromatic heterocycles. The van der Waals surface area contributed by atoms with Crippen LogP contribution in [0.3, 0.4) is 0 Å². The minimum absolute atomic E-state index is 0.332. The molecule has 1 N–H and O–H groups in total. The van der Waals surface area contributed by atoms with Gasteiger partial charge in [-0.3, -0.25) is 0 Å². The van der Waals surface area contributed by atoms with Crippen molar-refractivity contribution in [3.05, 3.63) is 326 Å². The fourth-order valence-electron chi connectivity index (χ4n) is 11.4. The Morgan fingerprint density at radius 2 is 0.490 bits per heavy atom. The van der Waals surface area contributed by atoms with E-state index in [-0.39, 0.29) is 0 Å². The third kappa shape index (κ3) is 10.1. The highest BCUT2D eigenvalue weighted by Gasteiger charge is 2.40. The van der Waals surface area contributed by atoms with Gasteiger partial charge in [0.15, 0.2) is 140 Å². The standard InChI is InChI=1S/C66H14F30N6/c67-37-31(38(68)50(80)61(91)49(37)79)25-13-1-2-14(97-13)26(32-39(69)51(81)62(92)52(82)40(32)70)16-5-6-18(99-16)28(34-43(73)55(85)64(94)56(86)44(34)74)20-9-10-22(101-20)30(36-47(77)59(89)66(96)60(90)48(36)78)24-12-11-23(102-24)29(35-45(75)57(87)65(95)58(88)46(35)76)21-8-7-19(100-21)27(17-4-3-15(25)98-17)33-41(71)53(83)63(93)54(84)42(33)72/h1-13,97H/q-2/b25-15+,26-14+,27-19-,28-20+,29-21-,30-24+. The third-order valence-corrected chi connectivity index (χ3v) is 15.9. The van der Waals surface area contributed by atoms with Gasteiger partial charge in [0.25, 0.3) is 0 Å². The highest BCUT2D eigenvalue weighted by molar-refractivity contribution is 6.35. The molecular formula is C66H14F30N6-2. The number of halogens is 30. The molecule has 8 aromatic rings. The van der Waals surface area contributed by atoms with Crippen LogP contribution in [0.1, 0.15) is 44.8 Å². The van der Waals surface area contributed by atoms with Crippen LogP contribution in [-0.2, 0) is 0 Å². The Labute approximate surface area is 543 Å². The summed E-state index contributed by atoms with van der Waals surface area (Å²) in [5, 5.41) is -0.624. The van der Waals surface area contributed by atoms with Crippen LogP contribution in [0.15, 0.2) is 111 Å². The first-order chi connectivity index (χ1) is 48.1. The molecule has 0 saturated carbocycles. The largest absolute Gasteiger partial charge is 0.657 e. The van der Waals surface area contributed by atoms with Crippen molar-refractivity contribution in [1.82, 2.24) is 15.3 Å². The van der Waals surface area contributed by atoms with Crippen molar-refractivity contribution in [2.45, 2.75) is 6.04 Å². The summed E-state index contributed by atoms with van der Waals surface area (Å²) >= 11 is 0. The summed E-state index contributed by atoms with van der Waals surface area (Å²) in [5.74, 6) is -86.3. The number of aliphatic imine (C=N–C) groups is 3. The van der Waals surface area contributed by atoms with Gasteiger partial charge in [0.1, 0.15) is 0 Å². The van der Waals surface area contributed by atoms with Crippen LogP contribution in [0.4, 0.5) is 132 Å². The number of rotatable bonds is 6. The zero-order valence-electron chi connectivity index (χ0n) is 48.1. The van der Waals surface area contributed by atoms with E-state index >= 15 is 105 Å². The average molecular weight is 1460 g/mol. The third-order valence-electron chi connectivity index (χ3n) is 15.9. The number of hydrogen-bond acceptors (Lipinski definition) is 4. The van der Waals surface area contributed by atoms with E-state index in [9.17, 15) is 26.3 Å². The van der Waals surface area contributed by atoms with E-state index in [0.29, 0.717) is 72.9 Å². The summed E-state index contributed by atoms with van der Waals surface area (Å²) in [5.41, 5.74) is -35.2. The maximum atomic E-state index is 16.5. The molecule has 0 spiro atoms. The second-order valence-corrected chi connectivity index (χ2v) is 21.4. The first kappa shape index (κ1) is 68.8. The maximum absolute atomic E-state index is 16.5. The molecule has 6 aromatic carbocycles. The Morgan fingerprint density at radius 3 is 0.843 bits per heavy atom. The van der Waals surface area contributed by atoms with E-state index in [0.717, 1.165) is 0 Å². The van der Waals surface area contributed by atoms with Crippen molar-refractivity contribution in [1.29, 1.82) is 0 Å². The summed E-state index contributed by atoms with van der Waals surface area (Å²) in [6.45, 7) is 0. The summed E-state index contributed by atoms with van der Waals surface area (Å²) in [6, 6.07) is -1.16. The second kappa shape index (κ2) is 24.6. The Morgan fingerprint density at radius 1 is 0.235 bits per heavy atom. The van der Waals surface area contributed by atoms with Crippen molar-refractivity contribution in [3.8, 4) is 0 Å². The van der Waals surface area contributed by atoms with Gasteiger partial charge >= 0.3 is 0 Å². The van der Waals surface area contributed by atoms with Gasteiger partial charge in [0.05, 0.1) is 73.6 Å². The maximum Gasteiger partial charge on any atom is 0.200 e. The lowest BCUT2D eigenvalue weighted by atomic mass is 9.95. The Hall–Kier alpha value is -11.8. The van der Waals surface area contributed by atoms with E-state index in [4.69, 9.17) is 0 Å². The normalized spacial score (nSPS) is 19.8. The molecule has 520 valence electrons. The van der Waals surface area contributed by atoms with Gasteiger partial charge in [-0.15, -0.1) is 22.1 Å². The van der Waals surface area contributed by atoms with E-state index in [1.165, 1.54) is 0 Å². The van der Waals surface area contributed by atoms with Crippen molar-refractivity contribution >= 4 is 50.6 Å².